The Balaban J connectivity index is 2.04. The smallest absolute Gasteiger partial charge is 0.292 e. The van der Waals surface area contributed by atoms with Crippen LogP contribution in [0.1, 0.15) is 12.5 Å². The van der Waals surface area contributed by atoms with E-state index >= 15 is 0 Å². The molecule has 19 heavy (non-hydrogen) atoms. The summed E-state index contributed by atoms with van der Waals surface area (Å²) < 4.78 is 0. The lowest BCUT2D eigenvalue weighted by molar-refractivity contribution is -0.383. The Morgan fingerprint density at radius 3 is 2.79 bits per heavy atom. The molecule has 1 aliphatic heterocycles. The molecule has 0 aromatic heterocycles. The molecule has 0 aliphatic carbocycles. The fraction of sp³-hybridized carbons (Fsp3) is 0.538. The van der Waals surface area contributed by atoms with E-state index < -0.39 is 4.92 Å². The van der Waals surface area contributed by atoms with Crippen LogP contribution in [0.2, 0.25) is 0 Å². The van der Waals surface area contributed by atoms with Crippen LogP contribution in [0.3, 0.4) is 0 Å². The normalized spacial score (nSPS) is 21.5. The van der Waals surface area contributed by atoms with Crippen LogP contribution in [0.25, 0.3) is 0 Å². The molecule has 0 bridgehead atoms. The molecule has 0 radical (unpaired) electrons. The number of rotatable bonds is 3. The molecular formula is C13H20N4O2. The predicted octanol–water partition coefficient (Wildman–Crippen LogP) is 1.31. The van der Waals surface area contributed by atoms with Gasteiger partial charge in [0.2, 0.25) is 0 Å². The third kappa shape index (κ3) is 3.21. The molecule has 2 rings (SSSR count). The summed E-state index contributed by atoms with van der Waals surface area (Å²) in [5.74, 6) is 0. The van der Waals surface area contributed by atoms with Crippen molar-refractivity contribution in [2.24, 2.45) is 0 Å². The maximum atomic E-state index is 10.7. The summed E-state index contributed by atoms with van der Waals surface area (Å²) in [7, 11) is 2.13. The highest BCUT2D eigenvalue weighted by Crippen LogP contribution is 2.23. The maximum absolute atomic E-state index is 10.7. The van der Waals surface area contributed by atoms with Crippen LogP contribution >= 0.6 is 0 Å². The van der Waals surface area contributed by atoms with Gasteiger partial charge in [0.1, 0.15) is 5.69 Å². The SMILES string of the molecule is CC1CN(Cc2ccc([N+](=O)[O-])c(N)c2)CCN1C. The first-order valence-electron chi connectivity index (χ1n) is 6.42. The summed E-state index contributed by atoms with van der Waals surface area (Å²) in [4.78, 5) is 15.0. The molecular weight excluding hydrogens is 244 g/mol. The van der Waals surface area contributed by atoms with Gasteiger partial charge in [-0.1, -0.05) is 6.07 Å². The minimum atomic E-state index is -0.447. The third-order valence-electron chi connectivity index (χ3n) is 3.74. The van der Waals surface area contributed by atoms with Gasteiger partial charge in [-0.2, -0.15) is 0 Å². The third-order valence-corrected chi connectivity index (χ3v) is 3.74. The summed E-state index contributed by atoms with van der Waals surface area (Å²) >= 11 is 0. The lowest BCUT2D eigenvalue weighted by Crippen LogP contribution is -2.49. The molecule has 1 aliphatic rings. The van der Waals surface area contributed by atoms with E-state index in [1.54, 1.807) is 12.1 Å². The van der Waals surface area contributed by atoms with Crippen molar-refractivity contribution in [3.63, 3.8) is 0 Å². The summed E-state index contributed by atoms with van der Waals surface area (Å²) in [6.45, 7) is 6.06. The Hall–Kier alpha value is -1.66. The van der Waals surface area contributed by atoms with Crippen LogP contribution in [0.5, 0.6) is 0 Å². The van der Waals surface area contributed by atoms with E-state index in [1.165, 1.54) is 6.07 Å². The topological polar surface area (TPSA) is 75.6 Å². The summed E-state index contributed by atoms with van der Waals surface area (Å²) in [5, 5.41) is 10.7. The number of nitrogens with zero attached hydrogens (tertiary/aromatic N) is 3. The van der Waals surface area contributed by atoms with Crippen LogP contribution in [-0.4, -0.2) is 47.4 Å². The second-order valence-corrected chi connectivity index (χ2v) is 5.22. The second-order valence-electron chi connectivity index (χ2n) is 5.22. The van der Waals surface area contributed by atoms with Gasteiger partial charge in [-0.3, -0.25) is 15.0 Å². The van der Waals surface area contributed by atoms with Crippen molar-refractivity contribution in [2.45, 2.75) is 19.5 Å². The standard InChI is InChI=1S/C13H20N4O2/c1-10-8-16(6-5-15(10)2)9-11-3-4-13(17(18)19)12(14)7-11/h3-4,7,10H,5-6,8-9,14H2,1-2H3. The minimum Gasteiger partial charge on any atom is -0.393 e. The minimum absolute atomic E-state index is 0.0181. The Labute approximate surface area is 112 Å². The van der Waals surface area contributed by atoms with Gasteiger partial charge in [0.15, 0.2) is 0 Å². The van der Waals surface area contributed by atoms with E-state index in [2.05, 4.69) is 23.8 Å². The lowest BCUT2D eigenvalue weighted by atomic mass is 10.1. The highest BCUT2D eigenvalue weighted by atomic mass is 16.6. The number of nitro benzene ring substituents is 1. The summed E-state index contributed by atoms with van der Waals surface area (Å²) in [6.07, 6.45) is 0. The Morgan fingerprint density at radius 2 is 2.21 bits per heavy atom. The molecule has 0 amide bonds. The number of likely N-dealkylation sites (N-methyl/N-ethyl adjacent to an activating group) is 1. The zero-order valence-corrected chi connectivity index (χ0v) is 11.4. The summed E-state index contributed by atoms with van der Waals surface area (Å²) in [5.41, 5.74) is 6.96. The molecule has 1 atom stereocenters. The first-order chi connectivity index (χ1) is 8.97. The van der Waals surface area contributed by atoms with Crippen molar-refractivity contribution >= 4 is 11.4 Å². The molecule has 104 valence electrons. The zero-order chi connectivity index (χ0) is 14.0. The van der Waals surface area contributed by atoms with Gasteiger partial charge in [0.25, 0.3) is 5.69 Å². The van der Waals surface area contributed by atoms with E-state index in [0.29, 0.717) is 6.04 Å². The average Bonchev–Trinajstić information content (AvgIpc) is 2.33. The maximum Gasteiger partial charge on any atom is 0.292 e. The van der Waals surface area contributed by atoms with Crippen molar-refractivity contribution in [3.05, 3.63) is 33.9 Å². The fourth-order valence-corrected chi connectivity index (χ4v) is 2.39. The predicted molar refractivity (Wildman–Crippen MR) is 74.9 cm³/mol. The van der Waals surface area contributed by atoms with Gasteiger partial charge >= 0.3 is 0 Å². The van der Waals surface area contributed by atoms with Crippen LogP contribution in [-0.2, 0) is 6.54 Å². The summed E-state index contributed by atoms with van der Waals surface area (Å²) in [6, 6.07) is 5.52. The highest BCUT2D eigenvalue weighted by Gasteiger charge is 2.21. The van der Waals surface area contributed by atoms with Crippen LogP contribution in [0.15, 0.2) is 18.2 Å². The number of hydrogen-bond acceptors (Lipinski definition) is 5. The van der Waals surface area contributed by atoms with E-state index in [9.17, 15) is 10.1 Å². The number of nitrogen functional groups attached to an aromatic ring is 1. The van der Waals surface area contributed by atoms with Gasteiger partial charge in [-0.25, -0.2) is 0 Å². The van der Waals surface area contributed by atoms with Gasteiger partial charge in [-0.15, -0.1) is 0 Å². The molecule has 6 heteroatoms. The highest BCUT2D eigenvalue weighted by molar-refractivity contribution is 5.59. The van der Waals surface area contributed by atoms with E-state index in [0.717, 1.165) is 31.7 Å². The number of benzene rings is 1. The Kier molecular flexibility index (Phi) is 4.01. The van der Waals surface area contributed by atoms with E-state index in [4.69, 9.17) is 5.73 Å². The monoisotopic (exact) mass is 264 g/mol. The molecule has 1 unspecified atom stereocenters. The second kappa shape index (κ2) is 5.54. The molecule has 0 saturated carbocycles. The van der Waals surface area contributed by atoms with Crippen molar-refractivity contribution < 1.29 is 4.92 Å². The first kappa shape index (κ1) is 13.8. The molecule has 2 N–H and O–H groups in total. The van der Waals surface area contributed by atoms with Gasteiger partial charge in [0.05, 0.1) is 4.92 Å². The zero-order valence-electron chi connectivity index (χ0n) is 11.4. The van der Waals surface area contributed by atoms with Crippen molar-refractivity contribution in [1.82, 2.24) is 9.80 Å². The molecule has 1 aromatic carbocycles. The molecule has 0 spiro atoms. The molecule has 1 heterocycles. The van der Waals surface area contributed by atoms with Crippen molar-refractivity contribution in [2.75, 3.05) is 32.4 Å². The fourth-order valence-electron chi connectivity index (χ4n) is 2.39. The largest absolute Gasteiger partial charge is 0.393 e. The lowest BCUT2D eigenvalue weighted by Gasteiger charge is -2.37. The van der Waals surface area contributed by atoms with Crippen LogP contribution in [0, 0.1) is 10.1 Å². The Morgan fingerprint density at radius 1 is 1.47 bits per heavy atom. The number of hydrogen-bond donors (Lipinski definition) is 1. The molecule has 1 saturated heterocycles. The van der Waals surface area contributed by atoms with Crippen molar-refractivity contribution in [1.29, 1.82) is 0 Å². The molecule has 1 aromatic rings. The number of nitro groups is 1. The molecule has 6 nitrogen and oxygen atoms in total. The molecule has 1 fully saturated rings. The van der Waals surface area contributed by atoms with Gasteiger partial charge < -0.3 is 10.6 Å². The quantitative estimate of drug-likeness (QED) is 0.506. The van der Waals surface area contributed by atoms with Gasteiger partial charge in [0, 0.05) is 38.3 Å². The Bertz CT molecular complexity index is 478. The van der Waals surface area contributed by atoms with E-state index in [-0.39, 0.29) is 11.4 Å². The number of anilines is 1. The van der Waals surface area contributed by atoms with E-state index in [1.807, 2.05) is 0 Å². The van der Waals surface area contributed by atoms with Crippen LogP contribution < -0.4 is 5.73 Å². The van der Waals surface area contributed by atoms with Crippen molar-refractivity contribution in [3.8, 4) is 0 Å². The first-order valence-corrected chi connectivity index (χ1v) is 6.42. The van der Waals surface area contributed by atoms with Gasteiger partial charge in [-0.05, 0) is 25.6 Å². The number of piperazine rings is 1. The number of nitrogens with two attached hydrogens (primary N) is 1. The average molecular weight is 264 g/mol. The van der Waals surface area contributed by atoms with Crippen LogP contribution in [0.4, 0.5) is 11.4 Å².